The first-order valence-electron chi connectivity index (χ1n) is 6.17. The van der Waals surface area contributed by atoms with Crippen LogP contribution in [-0.2, 0) is 9.53 Å². The quantitative estimate of drug-likeness (QED) is 0.763. The average Bonchev–Trinajstić information content (AvgIpc) is 2.35. The molecule has 1 N–H and O–H groups in total. The minimum absolute atomic E-state index is 0.143. The van der Waals surface area contributed by atoms with E-state index in [0.717, 1.165) is 45.3 Å². The lowest BCUT2D eigenvalue weighted by atomic mass is 9.90. The van der Waals surface area contributed by atoms with Gasteiger partial charge in [0.05, 0.1) is 0 Å². The molecule has 0 aliphatic carbocycles. The zero-order valence-corrected chi connectivity index (χ0v) is 10.7. The van der Waals surface area contributed by atoms with Crippen LogP contribution in [0.1, 0.15) is 32.6 Å². The molecular formula is C12H24N2O2. The molecule has 0 unspecified atom stereocenters. The molecule has 0 aromatic rings. The molecule has 1 heterocycles. The van der Waals surface area contributed by atoms with Crippen molar-refractivity contribution in [2.45, 2.75) is 38.2 Å². The largest absolute Gasteiger partial charge is 0.368 e. The van der Waals surface area contributed by atoms with Crippen molar-refractivity contribution in [3.8, 4) is 0 Å². The molecule has 1 rings (SSSR count). The van der Waals surface area contributed by atoms with Crippen LogP contribution in [0.4, 0.5) is 0 Å². The molecule has 0 aromatic carbocycles. The summed E-state index contributed by atoms with van der Waals surface area (Å²) in [5, 5.41) is 3.26. The Morgan fingerprint density at radius 2 is 2.06 bits per heavy atom. The van der Waals surface area contributed by atoms with Crippen LogP contribution < -0.4 is 5.32 Å². The fraction of sp³-hybridized carbons (Fsp3) is 0.917. The van der Waals surface area contributed by atoms with Crippen molar-refractivity contribution in [1.82, 2.24) is 10.2 Å². The van der Waals surface area contributed by atoms with Crippen molar-refractivity contribution < 1.29 is 9.53 Å². The van der Waals surface area contributed by atoms with Crippen LogP contribution in [-0.4, -0.2) is 50.2 Å². The van der Waals surface area contributed by atoms with Gasteiger partial charge in [-0.15, -0.1) is 0 Å². The average molecular weight is 228 g/mol. The van der Waals surface area contributed by atoms with Gasteiger partial charge in [0.25, 0.3) is 5.91 Å². The van der Waals surface area contributed by atoms with E-state index in [4.69, 9.17) is 4.74 Å². The number of methoxy groups -OCH3 is 1. The second kappa shape index (κ2) is 6.21. The summed E-state index contributed by atoms with van der Waals surface area (Å²) >= 11 is 0. The fourth-order valence-electron chi connectivity index (χ4n) is 2.18. The van der Waals surface area contributed by atoms with Crippen LogP contribution in [0.15, 0.2) is 0 Å². The van der Waals surface area contributed by atoms with Gasteiger partial charge in [-0.3, -0.25) is 4.79 Å². The molecule has 1 amide bonds. The Bertz CT molecular complexity index is 225. The van der Waals surface area contributed by atoms with Gasteiger partial charge in [0.15, 0.2) is 0 Å². The Hall–Kier alpha value is -0.610. The first-order valence-corrected chi connectivity index (χ1v) is 6.17. The maximum absolute atomic E-state index is 12.3. The summed E-state index contributed by atoms with van der Waals surface area (Å²) in [4.78, 5) is 14.1. The summed E-state index contributed by atoms with van der Waals surface area (Å²) in [6, 6.07) is 0. The number of hydrogen-bond acceptors (Lipinski definition) is 3. The van der Waals surface area contributed by atoms with E-state index in [1.165, 1.54) is 0 Å². The van der Waals surface area contributed by atoms with Crippen LogP contribution in [0.3, 0.4) is 0 Å². The topological polar surface area (TPSA) is 41.6 Å². The van der Waals surface area contributed by atoms with Crippen molar-refractivity contribution in [1.29, 1.82) is 0 Å². The molecule has 0 aromatic heterocycles. The number of nitrogens with one attached hydrogen (secondary N) is 1. The highest BCUT2D eigenvalue weighted by molar-refractivity contribution is 5.85. The molecule has 0 bridgehead atoms. The van der Waals surface area contributed by atoms with Gasteiger partial charge in [0, 0.05) is 20.7 Å². The molecule has 4 nitrogen and oxygen atoms in total. The Morgan fingerprint density at radius 3 is 2.56 bits per heavy atom. The van der Waals surface area contributed by atoms with Gasteiger partial charge >= 0.3 is 0 Å². The van der Waals surface area contributed by atoms with Crippen molar-refractivity contribution in [3.05, 3.63) is 0 Å². The smallest absolute Gasteiger partial charge is 0.254 e. The predicted molar refractivity (Wildman–Crippen MR) is 64.4 cm³/mol. The van der Waals surface area contributed by atoms with E-state index in [9.17, 15) is 4.79 Å². The SMILES string of the molecule is CCCCN(C)C(=O)C1(OC)CCNCC1. The summed E-state index contributed by atoms with van der Waals surface area (Å²) in [6.45, 7) is 4.69. The van der Waals surface area contributed by atoms with Crippen LogP contribution in [0.25, 0.3) is 0 Å². The number of piperidine rings is 1. The Kier molecular flexibility index (Phi) is 5.22. The second-order valence-electron chi connectivity index (χ2n) is 4.53. The molecule has 0 saturated carbocycles. The van der Waals surface area contributed by atoms with E-state index in [-0.39, 0.29) is 5.91 Å². The van der Waals surface area contributed by atoms with Crippen LogP contribution in [0, 0.1) is 0 Å². The summed E-state index contributed by atoms with van der Waals surface area (Å²) in [5.41, 5.74) is -0.576. The Morgan fingerprint density at radius 1 is 1.44 bits per heavy atom. The summed E-state index contributed by atoms with van der Waals surface area (Å²) < 4.78 is 5.51. The molecule has 0 radical (unpaired) electrons. The minimum Gasteiger partial charge on any atom is -0.368 e. The first kappa shape index (κ1) is 13.5. The van der Waals surface area contributed by atoms with Crippen molar-refractivity contribution in [2.75, 3.05) is 33.8 Å². The second-order valence-corrected chi connectivity index (χ2v) is 4.53. The summed E-state index contributed by atoms with van der Waals surface area (Å²) in [6.07, 6.45) is 3.72. The van der Waals surface area contributed by atoms with Crippen LogP contribution in [0.2, 0.25) is 0 Å². The van der Waals surface area contributed by atoms with Gasteiger partial charge in [-0.2, -0.15) is 0 Å². The molecule has 0 spiro atoms. The van der Waals surface area contributed by atoms with Crippen LogP contribution >= 0.6 is 0 Å². The Labute approximate surface area is 98.3 Å². The van der Waals surface area contributed by atoms with E-state index in [1.54, 1.807) is 7.11 Å². The number of rotatable bonds is 5. The number of ether oxygens (including phenoxy) is 1. The molecule has 1 aliphatic heterocycles. The van der Waals surface area contributed by atoms with Gasteiger partial charge in [0.2, 0.25) is 0 Å². The molecule has 1 aliphatic rings. The lowest BCUT2D eigenvalue weighted by Gasteiger charge is -2.37. The van der Waals surface area contributed by atoms with E-state index >= 15 is 0 Å². The number of carbonyl (C=O) groups is 1. The minimum atomic E-state index is -0.576. The summed E-state index contributed by atoms with van der Waals surface area (Å²) in [7, 11) is 3.53. The molecule has 4 heteroatoms. The fourth-order valence-corrected chi connectivity index (χ4v) is 2.18. The van der Waals surface area contributed by atoms with Gasteiger partial charge in [-0.1, -0.05) is 13.3 Å². The van der Waals surface area contributed by atoms with E-state index in [0.29, 0.717) is 0 Å². The van der Waals surface area contributed by atoms with Gasteiger partial charge in [0.1, 0.15) is 5.60 Å². The van der Waals surface area contributed by atoms with E-state index < -0.39 is 5.60 Å². The van der Waals surface area contributed by atoms with Crippen molar-refractivity contribution in [3.63, 3.8) is 0 Å². The number of nitrogens with zero attached hydrogens (tertiary/aromatic N) is 1. The summed E-state index contributed by atoms with van der Waals surface area (Å²) in [5.74, 6) is 0.143. The molecule has 94 valence electrons. The van der Waals surface area contributed by atoms with Crippen molar-refractivity contribution >= 4 is 5.91 Å². The van der Waals surface area contributed by atoms with E-state index in [1.807, 2.05) is 11.9 Å². The molecule has 16 heavy (non-hydrogen) atoms. The number of carbonyl (C=O) groups excluding carboxylic acids is 1. The monoisotopic (exact) mass is 228 g/mol. The first-order chi connectivity index (χ1) is 7.66. The third-order valence-corrected chi connectivity index (χ3v) is 3.39. The normalized spacial score (nSPS) is 19.4. The highest BCUT2D eigenvalue weighted by Crippen LogP contribution is 2.24. The Balaban J connectivity index is 2.60. The van der Waals surface area contributed by atoms with Gasteiger partial charge < -0.3 is 15.0 Å². The molecule has 1 fully saturated rings. The number of amides is 1. The molecule has 1 saturated heterocycles. The zero-order chi connectivity index (χ0) is 12.0. The van der Waals surface area contributed by atoms with Gasteiger partial charge in [-0.25, -0.2) is 0 Å². The molecule has 0 atom stereocenters. The number of likely N-dealkylation sites (N-methyl/N-ethyl adjacent to an activating group) is 1. The zero-order valence-electron chi connectivity index (χ0n) is 10.7. The third kappa shape index (κ3) is 2.95. The number of hydrogen-bond donors (Lipinski definition) is 1. The lowest BCUT2D eigenvalue weighted by Crippen LogP contribution is -2.54. The van der Waals surface area contributed by atoms with Gasteiger partial charge in [-0.05, 0) is 32.4 Å². The highest BCUT2D eigenvalue weighted by Gasteiger charge is 2.41. The standard InChI is InChI=1S/C12H24N2O2/c1-4-5-10-14(2)11(15)12(16-3)6-8-13-9-7-12/h13H,4-10H2,1-3H3. The lowest BCUT2D eigenvalue weighted by molar-refractivity contribution is -0.157. The maximum atomic E-state index is 12.3. The maximum Gasteiger partial charge on any atom is 0.254 e. The third-order valence-electron chi connectivity index (χ3n) is 3.39. The predicted octanol–water partition coefficient (Wildman–Crippen LogP) is 1.01. The van der Waals surface area contributed by atoms with E-state index in [2.05, 4.69) is 12.2 Å². The van der Waals surface area contributed by atoms with Crippen molar-refractivity contribution in [2.24, 2.45) is 0 Å². The molecular weight excluding hydrogens is 204 g/mol. The number of unbranched alkanes of at least 4 members (excludes halogenated alkanes) is 1. The van der Waals surface area contributed by atoms with Crippen LogP contribution in [0.5, 0.6) is 0 Å². The highest BCUT2D eigenvalue weighted by atomic mass is 16.5.